The Morgan fingerprint density at radius 3 is 2.49 bits per heavy atom. The van der Waals surface area contributed by atoms with Crippen LogP contribution in [0.15, 0.2) is 59.4 Å². The van der Waals surface area contributed by atoms with Crippen LogP contribution in [0.3, 0.4) is 0 Å². The molecule has 220 valence electrons. The number of nitrogens with one attached hydrogen (secondary N) is 1. The van der Waals surface area contributed by atoms with Crippen LogP contribution in [0, 0.1) is 11.3 Å². The van der Waals surface area contributed by atoms with Crippen LogP contribution in [-0.2, 0) is 4.74 Å². The van der Waals surface area contributed by atoms with Crippen LogP contribution < -0.4 is 22.3 Å². The van der Waals surface area contributed by atoms with Crippen molar-refractivity contribution in [3.8, 4) is 11.8 Å². The van der Waals surface area contributed by atoms with Crippen LogP contribution in [0.5, 0.6) is 0 Å². The second-order valence-electron chi connectivity index (χ2n) is 11.2. The number of carbonyl (C=O) groups excluding carboxylic acids is 1. The maximum absolute atomic E-state index is 14.4. The van der Waals surface area contributed by atoms with Crippen molar-refractivity contribution in [2.75, 3.05) is 29.9 Å². The van der Waals surface area contributed by atoms with Gasteiger partial charge in [-0.1, -0.05) is 36.4 Å². The molecule has 1 unspecified atom stereocenters. The summed E-state index contributed by atoms with van der Waals surface area (Å²) in [6.07, 6.45) is 2.14. The fourth-order valence-corrected chi connectivity index (χ4v) is 5.02. The third-order valence-corrected chi connectivity index (χ3v) is 6.95. The topological polar surface area (TPSA) is 178 Å². The first-order valence-electron chi connectivity index (χ1n) is 13.8. The quantitative estimate of drug-likeness (QED) is 0.307. The lowest BCUT2D eigenvalue weighted by Gasteiger charge is -2.30. The highest BCUT2D eigenvalue weighted by molar-refractivity contribution is 5.92. The van der Waals surface area contributed by atoms with E-state index in [1.807, 2.05) is 82.3 Å². The molecule has 1 aliphatic heterocycles. The van der Waals surface area contributed by atoms with E-state index in [1.165, 1.54) is 0 Å². The number of aromatic nitrogens is 4. The molecule has 2 aromatic heterocycles. The van der Waals surface area contributed by atoms with E-state index in [2.05, 4.69) is 15.3 Å². The molecule has 43 heavy (non-hydrogen) atoms. The second-order valence-corrected chi connectivity index (χ2v) is 11.2. The highest BCUT2D eigenvalue weighted by atomic mass is 16.6. The van der Waals surface area contributed by atoms with Crippen LogP contribution in [0.25, 0.3) is 22.2 Å². The van der Waals surface area contributed by atoms with Gasteiger partial charge in [0.2, 0.25) is 5.95 Å². The molecule has 3 heterocycles. The summed E-state index contributed by atoms with van der Waals surface area (Å²) in [5.74, 6) is 0.403. The monoisotopic (exact) mass is 579 g/mol. The summed E-state index contributed by atoms with van der Waals surface area (Å²) in [5, 5.41) is 13.3. The number of amides is 1. The lowest BCUT2D eigenvalue weighted by atomic mass is 9.96. The molecule has 12 nitrogen and oxygen atoms in total. The van der Waals surface area contributed by atoms with Gasteiger partial charge >= 0.3 is 6.09 Å². The number of rotatable bonds is 5. The summed E-state index contributed by atoms with van der Waals surface area (Å²) in [7, 11) is 0. The molecule has 5 rings (SSSR count). The van der Waals surface area contributed by atoms with Crippen molar-refractivity contribution in [1.82, 2.24) is 24.4 Å². The number of nitrogens with two attached hydrogens (primary N) is 2. The van der Waals surface area contributed by atoms with Gasteiger partial charge in [0.1, 0.15) is 28.9 Å². The van der Waals surface area contributed by atoms with Crippen molar-refractivity contribution in [3.63, 3.8) is 0 Å². The van der Waals surface area contributed by atoms with Crippen molar-refractivity contribution < 1.29 is 9.53 Å². The Kier molecular flexibility index (Phi) is 7.74. The van der Waals surface area contributed by atoms with Crippen LogP contribution in [0.2, 0.25) is 0 Å². The molecule has 12 heteroatoms. The summed E-state index contributed by atoms with van der Waals surface area (Å²) < 4.78 is 7.08. The van der Waals surface area contributed by atoms with Gasteiger partial charge in [0.05, 0.1) is 22.6 Å². The van der Waals surface area contributed by atoms with E-state index >= 15 is 0 Å². The predicted octanol–water partition coefficient (Wildman–Crippen LogP) is 4.41. The molecular formula is C31H33N9O3. The number of ether oxygens (including phenoxy) is 1. The van der Waals surface area contributed by atoms with Crippen LogP contribution >= 0.6 is 0 Å². The number of benzene rings is 2. The summed E-state index contributed by atoms with van der Waals surface area (Å²) in [5.41, 5.74) is 13.8. The number of anilines is 3. The summed E-state index contributed by atoms with van der Waals surface area (Å²) in [6, 6.07) is 16.2. The largest absolute Gasteiger partial charge is 0.444 e. The smallest absolute Gasteiger partial charge is 0.410 e. The van der Waals surface area contributed by atoms with Gasteiger partial charge in [-0.2, -0.15) is 15.2 Å². The van der Waals surface area contributed by atoms with Crippen molar-refractivity contribution in [2.45, 2.75) is 45.8 Å². The molecular weight excluding hydrogens is 546 g/mol. The molecule has 1 aliphatic rings. The molecule has 0 spiro atoms. The van der Waals surface area contributed by atoms with Crippen molar-refractivity contribution >= 4 is 40.2 Å². The van der Waals surface area contributed by atoms with Crippen LogP contribution in [0.4, 0.5) is 22.4 Å². The molecule has 0 aliphatic carbocycles. The van der Waals surface area contributed by atoms with E-state index in [4.69, 9.17) is 21.2 Å². The average molecular weight is 580 g/mol. The minimum absolute atomic E-state index is 0.0439. The zero-order chi connectivity index (χ0) is 30.9. The van der Waals surface area contributed by atoms with E-state index < -0.39 is 11.6 Å². The van der Waals surface area contributed by atoms with E-state index in [-0.39, 0.29) is 34.8 Å². The highest BCUT2D eigenvalue weighted by Gasteiger charge is 2.26. The fourth-order valence-electron chi connectivity index (χ4n) is 5.02. The van der Waals surface area contributed by atoms with Gasteiger partial charge < -0.3 is 26.4 Å². The Bertz CT molecular complexity index is 1840. The van der Waals surface area contributed by atoms with Gasteiger partial charge in [-0.25, -0.2) is 9.78 Å². The number of nitrogens with zero attached hydrogens (tertiary/aromatic N) is 6. The molecule has 0 saturated carbocycles. The number of hydrogen-bond donors (Lipinski definition) is 3. The number of fused-ring (bicyclic) bond motifs is 1. The minimum Gasteiger partial charge on any atom is -0.444 e. The molecule has 5 N–H and O–H groups in total. The number of carbonyl (C=O) groups is 1. The Hall–Kier alpha value is -5.44. The van der Waals surface area contributed by atoms with E-state index in [0.717, 1.165) is 11.1 Å². The van der Waals surface area contributed by atoms with Gasteiger partial charge in [0, 0.05) is 13.1 Å². The molecule has 0 radical (unpaired) electrons. The Balaban J connectivity index is 1.60. The second kappa shape index (κ2) is 11.4. The minimum atomic E-state index is -0.599. The third kappa shape index (κ3) is 5.97. The number of nitrogen functional groups attached to an aromatic ring is 2. The maximum atomic E-state index is 14.4. The number of hydrogen-bond acceptors (Lipinski definition) is 10. The van der Waals surface area contributed by atoms with Gasteiger partial charge in [-0.3, -0.25) is 9.36 Å². The number of nitriles is 1. The third-order valence-electron chi connectivity index (χ3n) is 6.95. The maximum Gasteiger partial charge on any atom is 0.410 e. The molecule has 4 aromatic rings. The molecule has 1 atom stereocenters. The van der Waals surface area contributed by atoms with Gasteiger partial charge in [0.15, 0.2) is 5.82 Å². The standard InChI is InChI=1S/C31H33N9O3/c1-18(35-26-22(17-32)25(33)37-29(34)38-26)27-36-23-12-8-11-21(24(23)28(41)40(27)20-9-6-5-7-10-20)19-13-15-39(16-14-19)30(42)43-31(2,3)4/h5-13,18H,14-16H2,1-4H3,(H5,33,34,35,37,38). The summed E-state index contributed by atoms with van der Waals surface area (Å²) in [4.78, 5) is 41.6. The van der Waals surface area contributed by atoms with E-state index in [0.29, 0.717) is 41.9 Å². The lowest BCUT2D eigenvalue weighted by molar-refractivity contribution is 0.0270. The lowest BCUT2D eigenvalue weighted by Crippen LogP contribution is -2.39. The molecule has 2 aromatic carbocycles. The summed E-state index contributed by atoms with van der Waals surface area (Å²) in [6.45, 7) is 8.14. The van der Waals surface area contributed by atoms with Crippen molar-refractivity contribution in [3.05, 3.63) is 81.9 Å². The molecule has 0 bridgehead atoms. The van der Waals surface area contributed by atoms with Crippen LogP contribution in [0.1, 0.15) is 57.1 Å². The van der Waals surface area contributed by atoms with E-state index in [1.54, 1.807) is 15.5 Å². The first-order valence-corrected chi connectivity index (χ1v) is 13.8. The van der Waals surface area contributed by atoms with Crippen molar-refractivity contribution in [1.29, 1.82) is 5.26 Å². The normalized spacial score (nSPS) is 14.1. The Labute approximate surface area is 248 Å². The first kappa shape index (κ1) is 29.1. The Morgan fingerprint density at radius 1 is 1.09 bits per heavy atom. The Morgan fingerprint density at radius 2 is 1.84 bits per heavy atom. The fraction of sp³-hybridized carbons (Fsp3) is 0.290. The first-order chi connectivity index (χ1) is 20.5. The number of para-hydroxylation sites is 1. The van der Waals surface area contributed by atoms with E-state index in [9.17, 15) is 14.9 Å². The van der Waals surface area contributed by atoms with Gasteiger partial charge in [-0.15, -0.1) is 0 Å². The predicted molar refractivity (Wildman–Crippen MR) is 165 cm³/mol. The highest BCUT2D eigenvalue weighted by Crippen LogP contribution is 2.30. The van der Waals surface area contributed by atoms with Gasteiger partial charge in [-0.05, 0) is 63.5 Å². The van der Waals surface area contributed by atoms with Crippen LogP contribution in [-0.4, -0.2) is 49.2 Å². The zero-order valence-electron chi connectivity index (χ0n) is 24.5. The van der Waals surface area contributed by atoms with Crippen molar-refractivity contribution in [2.24, 2.45) is 0 Å². The summed E-state index contributed by atoms with van der Waals surface area (Å²) >= 11 is 0. The zero-order valence-corrected chi connectivity index (χ0v) is 24.5. The molecule has 0 saturated heterocycles. The SMILES string of the molecule is CC(Nc1nc(N)nc(N)c1C#N)c1nc2cccc(C3=CCN(C(=O)OC(C)(C)C)CC3)c2c(=O)n1-c1ccccc1. The average Bonchev–Trinajstić information content (AvgIpc) is 2.96. The van der Waals surface area contributed by atoms with Gasteiger partial charge in [0.25, 0.3) is 5.56 Å². The molecule has 1 amide bonds. The molecule has 0 fully saturated rings.